The van der Waals surface area contributed by atoms with Gasteiger partial charge in [-0.15, -0.1) is 11.3 Å². The number of alkyl halides is 2. The fourth-order valence-electron chi connectivity index (χ4n) is 2.63. The predicted molar refractivity (Wildman–Crippen MR) is 126 cm³/mol. The minimum Gasteiger partial charge on any atom is -0.429 e. The van der Waals surface area contributed by atoms with E-state index in [1.807, 2.05) is 0 Å². The van der Waals surface area contributed by atoms with E-state index in [2.05, 4.69) is 30.7 Å². The van der Waals surface area contributed by atoms with Gasteiger partial charge in [-0.25, -0.2) is 13.4 Å². The summed E-state index contributed by atoms with van der Waals surface area (Å²) in [5, 5.41) is 9.16. The van der Waals surface area contributed by atoms with Crippen LogP contribution >= 0.6 is 11.3 Å². The second-order valence-corrected chi connectivity index (χ2v) is 10.7. The maximum Gasteiger partial charge on any atom is 0.387 e. The molecular weight excluding hydrogens is 490 g/mol. The van der Waals surface area contributed by atoms with E-state index in [0.29, 0.717) is 11.4 Å². The monoisotopic (exact) mass is 512 g/mol. The lowest BCUT2D eigenvalue weighted by Crippen LogP contribution is -2.21. The van der Waals surface area contributed by atoms with Gasteiger partial charge in [-0.1, -0.05) is 0 Å². The number of nitrogens with two attached hydrogens (primary N) is 1. The molecular formula is C20H22F2N6O4S2. The zero-order valence-electron chi connectivity index (χ0n) is 18.1. The van der Waals surface area contributed by atoms with E-state index in [1.165, 1.54) is 6.07 Å². The molecule has 0 fully saturated rings. The van der Waals surface area contributed by atoms with Crippen LogP contribution in [0.3, 0.4) is 0 Å². The van der Waals surface area contributed by atoms with Gasteiger partial charge in [0, 0.05) is 11.4 Å². The molecule has 1 amide bonds. The maximum atomic E-state index is 12.9. The summed E-state index contributed by atoms with van der Waals surface area (Å²) in [6, 6.07) is 8.03. The van der Waals surface area contributed by atoms with Crippen LogP contribution in [0.15, 0.2) is 46.1 Å². The van der Waals surface area contributed by atoms with E-state index in [9.17, 15) is 22.0 Å². The van der Waals surface area contributed by atoms with E-state index in [0.717, 1.165) is 17.5 Å². The summed E-state index contributed by atoms with van der Waals surface area (Å²) in [6.45, 7) is -0.200. The Morgan fingerprint density at radius 1 is 1.15 bits per heavy atom. The standard InChI is InChI=1S/C20H22F2N6O4S2/c1-11(2)34(30,31)18-14(7-8-33-18)27-17-15(32-19(21)22)10-24-20(28-17)26-13-5-3-12(4-6-13)25-16(29)9-23/h3-8,10-11,19H,9,23H2,1-2H3,(H,25,29)(H2,24,26,27,28). The van der Waals surface area contributed by atoms with Crippen molar-refractivity contribution < 1.29 is 26.7 Å². The molecule has 0 radical (unpaired) electrons. The van der Waals surface area contributed by atoms with Gasteiger partial charge in [0.2, 0.25) is 11.9 Å². The van der Waals surface area contributed by atoms with Gasteiger partial charge in [-0.3, -0.25) is 4.79 Å². The molecule has 0 atom stereocenters. The van der Waals surface area contributed by atoms with E-state index in [1.54, 1.807) is 43.5 Å². The number of hydrogen-bond acceptors (Lipinski definition) is 10. The Morgan fingerprint density at radius 3 is 2.44 bits per heavy atom. The van der Waals surface area contributed by atoms with Crippen LogP contribution in [-0.2, 0) is 14.6 Å². The molecule has 14 heteroatoms. The van der Waals surface area contributed by atoms with E-state index in [4.69, 9.17) is 5.73 Å². The second kappa shape index (κ2) is 10.7. The SMILES string of the molecule is CC(C)S(=O)(=O)c1sccc1Nc1nc(Nc2ccc(NC(=O)CN)cc2)ncc1OC(F)F. The Morgan fingerprint density at radius 2 is 1.82 bits per heavy atom. The molecule has 5 N–H and O–H groups in total. The van der Waals surface area contributed by atoms with Gasteiger partial charge in [0.15, 0.2) is 21.4 Å². The molecule has 0 bridgehead atoms. The first-order valence-electron chi connectivity index (χ1n) is 9.87. The zero-order valence-corrected chi connectivity index (χ0v) is 19.7. The first-order chi connectivity index (χ1) is 16.1. The average Bonchev–Trinajstić information content (AvgIpc) is 3.25. The van der Waals surface area contributed by atoms with Gasteiger partial charge < -0.3 is 26.4 Å². The highest BCUT2D eigenvalue weighted by Gasteiger charge is 2.25. The summed E-state index contributed by atoms with van der Waals surface area (Å²) in [7, 11) is -3.62. The Labute approximate surface area is 198 Å². The highest BCUT2D eigenvalue weighted by molar-refractivity contribution is 7.94. The number of nitrogens with zero attached hydrogens (tertiary/aromatic N) is 2. The van der Waals surface area contributed by atoms with Gasteiger partial charge in [0.1, 0.15) is 4.21 Å². The van der Waals surface area contributed by atoms with Crippen molar-refractivity contribution in [2.75, 3.05) is 22.5 Å². The highest BCUT2D eigenvalue weighted by Crippen LogP contribution is 2.35. The van der Waals surface area contributed by atoms with E-state index < -0.39 is 21.7 Å². The number of thiophene rings is 1. The van der Waals surface area contributed by atoms with Crippen LogP contribution in [-0.4, -0.2) is 42.7 Å². The van der Waals surface area contributed by atoms with Gasteiger partial charge in [0.25, 0.3) is 0 Å². The van der Waals surface area contributed by atoms with Gasteiger partial charge in [-0.2, -0.15) is 13.8 Å². The van der Waals surface area contributed by atoms with Crippen molar-refractivity contribution in [2.24, 2.45) is 5.73 Å². The Balaban J connectivity index is 1.88. The molecule has 0 spiro atoms. The smallest absolute Gasteiger partial charge is 0.387 e. The molecule has 10 nitrogen and oxygen atoms in total. The summed E-state index contributed by atoms with van der Waals surface area (Å²) in [5.41, 5.74) is 6.52. The number of carbonyl (C=O) groups excluding carboxylic acids is 1. The van der Waals surface area contributed by atoms with Gasteiger partial charge >= 0.3 is 6.61 Å². The fourth-order valence-corrected chi connectivity index (χ4v) is 5.34. The number of benzene rings is 1. The quantitative estimate of drug-likeness (QED) is 0.319. The molecule has 34 heavy (non-hydrogen) atoms. The number of halogens is 2. The van der Waals surface area contributed by atoms with Crippen molar-refractivity contribution in [3.05, 3.63) is 41.9 Å². The summed E-state index contributed by atoms with van der Waals surface area (Å²) < 4.78 is 55.6. The lowest BCUT2D eigenvalue weighted by atomic mass is 10.3. The molecule has 0 unspecified atom stereocenters. The number of carbonyl (C=O) groups is 1. The zero-order chi connectivity index (χ0) is 24.9. The number of amides is 1. The number of anilines is 5. The molecule has 3 rings (SSSR count). The van der Waals surface area contributed by atoms with Gasteiger partial charge in [-0.05, 0) is 49.6 Å². The third-order valence-electron chi connectivity index (χ3n) is 4.34. The van der Waals surface area contributed by atoms with Crippen molar-refractivity contribution in [1.82, 2.24) is 9.97 Å². The van der Waals surface area contributed by atoms with Crippen molar-refractivity contribution >= 4 is 55.9 Å². The minimum atomic E-state index is -3.62. The molecule has 0 aliphatic rings. The summed E-state index contributed by atoms with van der Waals surface area (Å²) >= 11 is 1.00. The number of rotatable bonds is 10. The van der Waals surface area contributed by atoms with Crippen LogP contribution in [0.25, 0.3) is 0 Å². The van der Waals surface area contributed by atoms with Crippen LogP contribution in [0.2, 0.25) is 0 Å². The Hall–Kier alpha value is -3.36. The maximum absolute atomic E-state index is 12.9. The molecule has 0 saturated heterocycles. The van der Waals surface area contributed by atoms with Crippen molar-refractivity contribution in [1.29, 1.82) is 0 Å². The highest BCUT2D eigenvalue weighted by atomic mass is 32.2. The Bertz CT molecular complexity index is 1250. The third-order valence-corrected chi connectivity index (χ3v) is 8.01. The first-order valence-corrected chi connectivity index (χ1v) is 12.3. The predicted octanol–water partition coefficient (Wildman–Crippen LogP) is 3.71. The fraction of sp³-hybridized carbons (Fsp3) is 0.250. The minimum absolute atomic E-state index is 0.0337. The first kappa shape index (κ1) is 25.3. The third kappa shape index (κ3) is 6.15. The van der Waals surface area contributed by atoms with E-state index >= 15 is 0 Å². The molecule has 0 saturated carbocycles. The van der Waals surface area contributed by atoms with Crippen LogP contribution < -0.4 is 26.4 Å². The summed E-state index contributed by atoms with van der Waals surface area (Å²) in [4.78, 5) is 19.5. The van der Waals surface area contributed by atoms with Crippen molar-refractivity contribution in [3.63, 3.8) is 0 Å². The molecule has 0 aliphatic carbocycles. The van der Waals surface area contributed by atoms with Crippen LogP contribution in [0.1, 0.15) is 13.8 Å². The molecule has 0 aliphatic heterocycles. The van der Waals surface area contributed by atoms with Crippen LogP contribution in [0, 0.1) is 0 Å². The lowest BCUT2D eigenvalue weighted by molar-refractivity contribution is -0.114. The number of aromatic nitrogens is 2. The average molecular weight is 513 g/mol. The van der Waals surface area contributed by atoms with Crippen LogP contribution in [0.4, 0.5) is 37.6 Å². The molecule has 182 valence electrons. The van der Waals surface area contributed by atoms with Crippen LogP contribution in [0.5, 0.6) is 5.75 Å². The molecule has 2 aromatic heterocycles. The molecule has 1 aromatic carbocycles. The Kier molecular flexibility index (Phi) is 7.96. The molecule has 3 aromatic rings. The second-order valence-electron chi connectivity index (χ2n) is 7.08. The number of hydrogen-bond donors (Lipinski definition) is 4. The molecule has 2 heterocycles. The van der Waals surface area contributed by atoms with E-state index in [-0.39, 0.29) is 39.9 Å². The summed E-state index contributed by atoms with van der Waals surface area (Å²) in [6.07, 6.45) is 1.04. The number of nitrogens with one attached hydrogen (secondary N) is 3. The topological polar surface area (TPSA) is 148 Å². The van der Waals surface area contributed by atoms with Crippen molar-refractivity contribution in [3.8, 4) is 5.75 Å². The largest absolute Gasteiger partial charge is 0.429 e. The normalized spacial score (nSPS) is 11.5. The van der Waals surface area contributed by atoms with Crippen molar-refractivity contribution in [2.45, 2.75) is 29.9 Å². The summed E-state index contributed by atoms with van der Waals surface area (Å²) in [5.74, 6) is -0.823. The van der Waals surface area contributed by atoms with Gasteiger partial charge in [0.05, 0.1) is 23.7 Å². The number of ether oxygens (including phenoxy) is 1. The lowest BCUT2D eigenvalue weighted by Gasteiger charge is -2.14. The number of sulfone groups is 1.